The molecule has 0 aromatic heterocycles. The Bertz CT molecular complexity index is 1070. The topological polar surface area (TPSA) is 59.1 Å². The lowest BCUT2D eigenvalue weighted by Gasteiger charge is -2.41. The Hall–Kier alpha value is -3.80. The number of benzene rings is 3. The number of para-hydroxylation sites is 4. The summed E-state index contributed by atoms with van der Waals surface area (Å²) in [5, 5.41) is 0. The molecule has 3 aromatic carbocycles. The number of carbonyl (C=O) groups excluding carboxylic acids is 2. The van der Waals surface area contributed by atoms with Gasteiger partial charge in [0.25, 0.3) is 5.91 Å². The van der Waals surface area contributed by atoms with E-state index in [-0.39, 0.29) is 18.4 Å². The minimum Gasteiger partial charge on any atom is -0.495 e. The fourth-order valence-electron chi connectivity index (χ4n) is 3.78. The van der Waals surface area contributed by atoms with Gasteiger partial charge in [-0.25, -0.2) is 0 Å². The number of amides is 2. The summed E-state index contributed by atoms with van der Waals surface area (Å²) < 4.78 is 10.9. The third-order valence-electron chi connectivity index (χ3n) is 5.16. The van der Waals surface area contributed by atoms with Gasteiger partial charge < -0.3 is 9.47 Å². The van der Waals surface area contributed by atoms with Gasteiger partial charge in [0.2, 0.25) is 5.91 Å². The molecule has 0 saturated carbocycles. The Morgan fingerprint density at radius 2 is 1.27 bits per heavy atom. The van der Waals surface area contributed by atoms with Crippen LogP contribution in [-0.2, 0) is 9.59 Å². The highest BCUT2D eigenvalue weighted by molar-refractivity contribution is 6.15. The molecule has 1 aliphatic heterocycles. The summed E-state index contributed by atoms with van der Waals surface area (Å²) in [5.41, 5.74) is 1.85. The molecule has 1 atom stereocenters. The van der Waals surface area contributed by atoms with E-state index in [1.54, 1.807) is 38.5 Å². The van der Waals surface area contributed by atoms with Gasteiger partial charge in [-0.05, 0) is 29.8 Å². The Labute approximate surface area is 175 Å². The molecule has 0 aliphatic carbocycles. The fourth-order valence-corrected chi connectivity index (χ4v) is 3.78. The zero-order valence-corrected chi connectivity index (χ0v) is 16.8. The number of nitrogens with zero attached hydrogens (tertiary/aromatic N) is 2. The Balaban J connectivity index is 1.85. The molecule has 0 spiro atoms. The first-order chi connectivity index (χ1) is 14.7. The summed E-state index contributed by atoms with van der Waals surface area (Å²) in [6, 6.07) is 22.9. The number of ether oxygens (including phenoxy) is 2. The number of methoxy groups -OCH3 is 2. The van der Waals surface area contributed by atoms with Gasteiger partial charge in [-0.15, -0.1) is 0 Å². The van der Waals surface area contributed by atoms with E-state index >= 15 is 0 Å². The number of piperazine rings is 1. The van der Waals surface area contributed by atoms with Gasteiger partial charge in [0.05, 0.1) is 25.6 Å². The molecule has 30 heavy (non-hydrogen) atoms. The first kappa shape index (κ1) is 19.5. The number of rotatable bonds is 5. The first-order valence-electron chi connectivity index (χ1n) is 9.60. The summed E-state index contributed by atoms with van der Waals surface area (Å²) in [5.74, 6) is 0.650. The van der Waals surface area contributed by atoms with Gasteiger partial charge in [0, 0.05) is 0 Å². The average Bonchev–Trinajstić information content (AvgIpc) is 2.80. The zero-order valence-electron chi connectivity index (χ0n) is 16.8. The minimum atomic E-state index is -0.825. The van der Waals surface area contributed by atoms with Crippen molar-refractivity contribution in [3.8, 4) is 11.5 Å². The van der Waals surface area contributed by atoms with Crippen LogP contribution in [0.25, 0.3) is 0 Å². The van der Waals surface area contributed by atoms with E-state index in [0.29, 0.717) is 22.9 Å². The number of anilines is 2. The van der Waals surface area contributed by atoms with E-state index in [0.717, 1.165) is 5.56 Å². The van der Waals surface area contributed by atoms with Crippen LogP contribution in [0.3, 0.4) is 0 Å². The monoisotopic (exact) mass is 402 g/mol. The van der Waals surface area contributed by atoms with Gasteiger partial charge >= 0.3 is 0 Å². The molecule has 1 fully saturated rings. The van der Waals surface area contributed by atoms with Crippen molar-refractivity contribution in [2.75, 3.05) is 30.6 Å². The standard InChI is InChI=1S/C24H22N2O4/c1-29-20-14-8-6-12-18(20)25-16-22(27)26(19-13-7-9-15-21(19)30-2)23(24(25)28)17-10-4-3-5-11-17/h3-15,23H,16H2,1-2H3/t23-/m0/s1. The van der Waals surface area contributed by atoms with Crippen molar-refractivity contribution in [1.82, 2.24) is 0 Å². The lowest BCUT2D eigenvalue weighted by atomic mass is 9.99. The van der Waals surface area contributed by atoms with Gasteiger partial charge in [-0.1, -0.05) is 54.6 Å². The van der Waals surface area contributed by atoms with Gasteiger partial charge in [0.15, 0.2) is 0 Å². The van der Waals surface area contributed by atoms with Crippen LogP contribution in [-0.4, -0.2) is 32.6 Å². The molecule has 0 unspecified atom stereocenters. The van der Waals surface area contributed by atoms with E-state index in [9.17, 15) is 9.59 Å². The van der Waals surface area contributed by atoms with Crippen LogP contribution in [0.15, 0.2) is 78.9 Å². The summed E-state index contributed by atoms with van der Waals surface area (Å²) in [6.07, 6.45) is 0. The van der Waals surface area contributed by atoms with E-state index < -0.39 is 6.04 Å². The largest absolute Gasteiger partial charge is 0.495 e. The highest BCUT2D eigenvalue weighted by atomic mass is 16.5. The van der Waals surface area contributed by atoms with Crippen LogP contribution < -0.4 is 19.3 Å². The molecule has 0 radical (unpaired) electrons. The molecule has 6 heteroatoms. The fraction of sp³-hybridized carbons (Fsp3) is 0.167. The van der Waals surface area contributed by atoms with E-state index in [1.165, 1.54) is 9.80 Å². The van der Waals surface area contributed by atoms with Gasteiger partial charge in [-0.3, -0.25) is 19.4 Å². The maximum absolute atomic E-state index is 13.8. The Morgan fingerprint density at radius 3 is 1.90 bits per heavy atom. The molecule has 2 amide bonds. The summed E-state index contributed by atoms with van der Waals surface area (Å²) in [6.45, 7) is -0.0966. The number of hydrogen-bond donors (Lipinski definition) is 0. The second-order valence-electron chi connectivity index (χ2n) is 6.85. The molecule has 152 valence electrons. The van der Waals surface area contributed by atoms with Crippen molar-refractivity contribution < 1.29 is 19.1 Å². The third-order valence-corrected chi connectivity index (χ3v) is 5.16. The van der Waals surface area contributed by atoms with Crippen molar-refractivity contribution >= 4 is 23.2 Å². The van der Waals surface area contributed by atoms with Gasteiger partial charge in [0.1, 0.15) is 24.1 Å². The van der Waals surface area contributed by atoms with Crippen LogP contribution in [0, 0.1) is 0 Å². The van der Waals surface area contributed by atoms with Crippen molar-refractivity contribution in [3.05, 3.63) is 84.4 Å². The van der Waals surface area contributed by atoms with Crippen LogP contribution in [0.5, 0.6) is 11.5 Å². The number of hydrogen-bond acceptors (Lipinski definition) is 4. The molecular weight excluding hydrogens is 380 g/mol. The molecule has 6 nitrogen and oxygen atoms in total. The van der Waals surface area contributed by atoms with Crippen molar-refractivity contribution in [2.24, 2.45) is 0 Å². The first-order valence-corrected chi connectivity index (χ1v) is 9.60. The third kappa shape index (κ3) is 3.37. The quantitative estimate of drug-likeness (QED) is 0.651. The highest BCUT2D eigenvalue weighted by Gasteiger charge is 2.43. The summed E-state index contributed by atoms with van der Waals surface area (Å²) >= 11 is 0. The van der Waals surface area contributed by atoms with E-state index in [4.69, 9.17) is 9.47 Å². The van der Waals surface area contributed by atoms with Crippen LogP contribution >= 0.6 is 0 Å². The average molecular weight is 402 g/mol. The van der Waals surface area contributed by atoms with E-state index in [1.807, 2.05) is 54.6 Å². The molecule has 0 N–H and O–H groups in total. The predicted octanol–water partition coefficient (Wildman–Crippen LogP) is 3.82. The van der Waals surface area contributed by atoms with Crippen LogP contribution in [0.4, 0.5) is 11.4 Å². The molecule has 3 aromatic rings. The second kappa shape index (κ2) is 8.29. The van der Waals surface area contributed by atoms with E-state index in [2.05, 4.69) is 0 Å². The Kier molecular flexibility index (Phi) is 5.39. The molecule has 0 bridgehead atoms. The maximum Gasteiger partial charge on any atom is 0.255 e. The molecular formula is C24H22N2O4. The lowest BCUT2D eigenvalue weighted by molar-refractivity contribution is -0.128. The SMILES string of the molecule is COc1ccccc1N1CC(=O)N(c2ccccc2OC)[C@@H](c2ccccc2)C1=O. The summed E-state index contributed by atoms with van der Waals surface area (Å²) in [4.78, 5) is 30.2. The maximum atomic E-state index is 13.8. The highest BCUT2D eigenvalue weighted by Crippen LogP contribution is 2.40. The van der Waals surface area contributed by atoms with Crippen LogP contribution in [0.2, 0.25) is 0 Å². The predicted molar refractivity (Wildman–Crippen MR) is 115 cm³/mol. The molecule has 4 rings (SSSR count). The normalized spacial score (nSPS) is 16.5. The van der Waals surface area contributed by atoms with Crippen molar-refractivity contribution in [2.45, 2.75) is 6.04 Å². The van der Waals surface area contributed by atoms with Gasteiger partial charge in [-0.2, -0.15) is 0 Å². The second-order valence-corrected chi connectivity index (χ2v) is 6.85. The van der Waals surface area contributed by atoms with Crippen molar-refractivity contribution in [1.29, 1.82) is 0 Å². The molecule has 1 aliphatic rings. The smallest absolute Gasteiger partial charge is 0.255 e. The minimum absolute atomic E-state index is 0.0966. The molecule has 1 heterocycles. The Morgan fingerprint density at radius 1 is 0.733 bits per heavy atom. The lowest BCUT2D eigenvalue weighted by Crippen LogP contribution is -2.56. The number of carbonyl (C=O) groups is 2. The van der Waals surface area contributed by atoms with Crippen molar-refractivity contribution in [3.63, 3.8) is 0 Å². The summed E-state index contributed by atoms with van der Waals surface area (Å²) in [7, 11) is 3.10. The molecule has 1 saturated heterocycles. The zero-order chi connectivity index (χ0) is 21.1. The van der Waals surface area contributed by atoms with Crippen LogP contribution in [0.1, 0.15) is 11.6 Å².